The van der Waals surface area contributed by atoms with Crippen molar-refractivity contribution in [3.8, 4) is 5.75 Å². The van der Waals surface area contributed by atoms with Crippen molar-refractivity contribution in [3.05, 3.63) is 46.9 Å². The molecule has 26 heavy (non-hydrogen) atoms. The minimum atomic E-state index is -0.452. The molecule has 0 radical (unpaired) electrons. The van der Waals surface area contributed by atoms with Crippen LogP contribution in [0.5, 0.6) is 5.75 Å². The number of ether oxygens (including phenoxy) is 1. The van der Waals surface area contributed by atoms with E-state index < -0.39 is 6.03 Å². The number of fused-ring (bicyclic) bond motifs is 1. The molecule has 2 N–H and O–H groups in total. The Labute approximate surface area is 155 Å². The van der Waals surface area contributed by atoms with E-state index in [9.17, 15) is 9.59 Å². The van der Waals surface area contributed by atoms with Gasteiger partial charge in [0.1, 0.15) is 11.4 Å². The third-order valence-electron chi connectivity index (χ3n) is 3.83. The quantitative estimate of drug-likeness (QED) is 0.859. The molecule has 3 amide bonds. The lowest BCUT2D eigenvalue weighted by Crippen LogP contribution is -2.35. The van der Waals surface area contributed by atoms with Crippen molar-refractivity contribution in [3.63, 3.8) is 0 Å². The average Bonchev–Trinajstić information content (AvgIpc) is 2.62. The highest BCUT2D eigenvalue weighted by atomic mass is 35.5. The molecule has 3 rings (SSSR count). The fourth-order valence-electron chi connectivity index (χ4n) is 2.61. The lowest BCUT2D eigenvalue weighted by atomic mass is 10.0. The standard InChI is InChI=1S/C17H18ClN5O3/c1-23(2)16(24)13-8-19-9-14(20-13)22-17(25)21-12-6-7-26-15-10(12)4-3-5-11(15)18/h3-5,8-9,12H,6-7H2,1-2H3,(H2,20,21,22,25)/t12-/m0/s1. The number of anilines is 1. The fourth-order valence-corrected chi connectivity index (χ4v) is 2.84. The Hall–Kier alpha value is -2.87. The topological polar surface area (TPSA) is 96.5 Å². The zero-order valence-electron chi connectivity index (χ0n) is 14.3. The first-order valence-corrected chi connectivity index (χ1v) is 8.36. The first-order chi connectivity index (χ1) is 12.5. The van der Waals surface area contributed by atoms with E-state index in [0.717, 1.165) is 5.56 Å². The number of nitrogens with one attached hydrogen (secondary N) is 2. The molecule has 1 atom stereocenters. The molecule has 9 heteroatoms. The maximum Gasteiger partial charge on any atom is 0.320 e. The molecule has 0 saturated heterocycles. The molecule has 2 aromatic rings. The zero-order chi connectivity index (χ0) is 18.7. The number of rotatable bonds is 3. The lowest BCUT2D eigenvalue weighted by molar-refractivity contribution is 0.0821. The summed E-state index contributed by atoms with van der Waals surface area (Å²) in [4.78, 5) is 33.7. The van der Waals surface area contributed by atoms with Crippen molar-refractivity contribution in [1.29, 1.82) is 0 Å². The van der Waals surface area contributed by atoms with Crippen molar-refractivity contribution < 1.29 is 14.3 Å². The van der Waals surface area contributed by atoms with Gasteiger partial charge in [-0.05, 0) is 6.07 Å². The van der Waals surface area contributed by atoms with Crippen LogP contribution in [0.1, 0.15) is 28.5 Å². The Morgan fingerprint density at radius 3 is 2.88 bits per heavy atom. The second-order valence-corrected chi connectivity index (χ2v) is 6.34. The van der Waals surface area contributed by atoms with E-state index in [1.54, 1.807) is 20.2 Å². The molecule has 1 aromatic heterocycles. The van der Waals surface area contributed by atoms with Gasteiger partial charge in [-0.1, -0.05) is 23.7 Å². The molecule has 0 aliphatic carbocycles. The number of nitrogens with zero attached hydrogens (tertiary/aromatic N) is 3. The van der Waals surface area contributed by atoms with Crippen LogP contribution in [0.25, 0.3) is 0 Å². The number of carbonyl (C=O) groups excluding carboxylic acids is 2. The molecule has 136 valence electrons. The summed E-state index contributed by atoms with van der Waals surface area (Å²) in [6.07, 6.45) is 3.34. The SMILES string of the molecule is CN(C)C(=O)c1cncc(NC(=O)N[C@H]2CCOc3c(Cl)cccc32)n1. The number of hydrogen-bond acceptors (Lipinski definition) is 5. The third kappa shape index (κ3) is 3.85. The minimum absolute atomic E-state index is 0.149. The Balaban J connectivity index is 1.70. The summed E-state index contributed by atoms with van der Waals surface area (Å²) >= 11 is 6.14. The first-order valence-electron chi connectivity index (χ1n) is 7.98. The van der Waals surface area contributed by atoms with E-state index >= 15 is 0 Å². The van der Waals surface area contributed by atoms with Crippen molar-refractivity contribution in [1.82, 2.24) is 20.2 Å². The number of aromatic nitrogens is 2. The molecule has 1 aliphatic heterocycles. The van der Waals surface area contributed by atoms with Gasteiger partial charge in [0.05, 0.1) is 30.1 Å². The lowest BCUT2D eigenvalue weighted by Gasteiger charge is -2.27. The minimum Gasteiger partial charge on any atom is -0.492 e. The number of carbonyl (C=O) groups is 2. The number of urea groups is 1. The number of benzene rings is 1. The molecule has 0 fully saturated rings. The van der Waals surface area contributed by atoms with E-state index in [1.165, 1.54) is 17.3 Å². The summed E-state index contributed by atoms with van der Waals surface area (Å²) in [7, 11) is 3.23. The monoisotopic (exact) mass is 375 g/mol. The average molecular weight is 376 g/mol. The second kappa shape index (κ2) is 7.57. The highest BCUT2D eigenvalue weighted by Crippen LogP contribution is 2.37. The van der Waals surface area contributed by atoms with Gasteiger partial charge in [-0.15, -0.1) is 0 Å². The largest absolute Gasteiger partial charge is 0.492 e. The van der Waals surface area contributed by atoms with Crippen LogP contribution in [-0.2, 0) is 0 Å². The van der Waals surface area contributed by atoms with Crippen molar-refractivity contribution in [2.75, 3.05) is 26.0 Å². The van der Waals surface area contributed by atoms with E-state index in [1.807, 2.05) is 12.1 Å². The molecule has 0 saturated carbocycles. The van der Waals surface area contributed by atoms with Gasteiger partial charge < -0.3 is 15.0 Å². The number of amides is 3. The molecule has 0 bridgehead atoms. The fraction of sp³-hybridized carbons (Fsp3) is 0.294. The maximum atomic E-state index is 12.3. The molecular weight excluding hydrogens is 358 g/mol. The van der Waals surface area contributed by atoms with E-state index in [2.05, 4.69) is 20.6 Å². The number of hydrogen-bond donors (Lipinski definition) is 2. The molecule has 0 unspecified atom stereocenters. The Morgan fingerprint density at radius 2 is 2.12 bits per heavy atom. The van der Waals surface area contributed by atoms with Crippen molar-refractivity contribution >= 4 is 29.4 Å². The van der Waals surface area contributed by atoms with Crippen LogP contribution in [0.15, 0.2) is 30.6 Å². The van der Waals surface area contributed by atoms with Crippen LogP contribution < -0.4 is 15.4 Å². The Kier molecular flexibility index (Phi) is 5.22. The van der Waals surface area contributed by atoms with E-state index in [0.29, 0.717) is 23.8 Å². The van der Waals surface area contributed by atoms with Gasteiger partial charge in [0.25, 0.3) is 5.91 Å². The van der Waals surface area contributed by atoms with E-state index in [4.69, 9.17) is 16.3 Å². The highest BCUT2D eigenvalue weighted by Gasteiger charge is 2.25. The van der Waals surface area contributed by atoms with Gasteiger partial charge in [-0.25, -0.2) is 9.78 Å². The summed E-state index contributed by atoms with van der Waals surface area (Å²) < 4.78 is 5.58. The molecule has 8 nitrogen and oxygen atoms in total. The first kappa shape index (κ1) is 17.9. The summed E-state index contributed by atoms with van der Waals surface area (Å²) in [6, 6.07) is 4.72. The predicted molar refractivity (Wildman–Crippen MR) is 96.5 cm³/mol. The van der Waals surface area contributed by atoms with Gasteiger partial charge in [-0.3, -0.25) is 15.1 Å². The Morgan fingerprint density at radius 1 is 1.31 bits per heavy atom. The van der Waals surface area contributed by atoms with Crippen LogP contribution >= 0.6 is 11.6 Å². The second-order valence-electron chi connectivity index (χ2n) is 5.94. The third-order valence-corrected chi connectivity index (χ3v) is 4.13. The summed E-state index contributed by atoms with van der Waals surface area (Å²) in [5.41, 5.74) is 0.970. The highest BCUT2D eigenvalue weighted by molar-refractivity contribution is 6.32. The van der Waals surface area contributed by atoms with Gasteiger partial charge in [0, 0.05) is 26.1 Å². The summed E-state index contributed by atoms with van der Waals surface area (Å²) in [5, 5.41) is 5.98. The van der Waals surface area contributed by atoms with Crippen LogP contribution in [0.4, 0.5) is 10.6 Å². The summed E-state index contributed by atoms with van der Waals surface area (Å²) in [6.45, 7) is 0.453. The summed E-state index contributed by atoms with van der Waals surface area (Å²) in [5.74, 6) is 0.479. The van der Waals surface area contributed by atoms with Gasteiger partial charge in [0.2, 0.25) is 0 Å². The molecule has 1 aliphatic rings. The van der Waals surface area contributed by atoms with Gasteiger partial charge in [-0.2, -0.15) is 0 Å². The molecule has 0 spiro atoms. The zero-order valence-corrected chi connectivity index (χ0v) is 15.1. The predicted octanol–water partition coefficient (Wildman–Crippen LogP) is 2.48. The normalized spacial score (nSPS) is 15.4. The van der Waals surface area contributed by atoms with Crippen LogP contribution in [0.2, 0.25) is 5.02 Å². The molecule has 2 heterocycles. The Bertz CT molecular complexity index is 843. The van der Waals surface area contributed by atoms with Crippen LogP contribution in [0.3, 0.4) is 0 Å². The van der Waals surface area contributed by atoms with Crippen LogP contribution in [-0.4, -0.2) is 47.5 Å². The van der Waals surface area contributed by atoms with E-state index in [-0.39, 0.29) is 23.5 Å². The molecular formula is C17H18ClN5O3. The number of halogens is 1. The van der Waals surface area contributed by atoms with Crippen molar-refractivity contribution in [2.45, 2.75) is 12.5 Å². The van der Waals surface area contributed by atoms with Crippen LogP contribution in [0, 0.1) is 0 Å². The maximum absolute atomic E-state index is 12.3. The van der Waals surface area contributed by atoms with Gasteiger partial charge in [0.15, 0.2) is 5.82 Å². The van der Waals surface area contributed by atoms with Crippen molar-refractivity contribution in [2.24, 2.45) is 0 Å². The molecule has 1 aromatic carbocycles. The smallest absolute Gasteiger partial charge is 0.320 e. The number of para-hydroxylation sites is 1. The van der Waals surface area contributed by atoms with Gasteiger partial charge >= 0.3 is 6.03 Å².